The summed E-state index contributed by atoms with van der Waals surface area (Å²) in [6.07, 6.45) is 0. The summed E-state index contributed by atoms with van der Waals surface area (Å²) < 4.78 is 0. The van der Waals surface area contributed by atoms with Gasteiger partial charge in [-0.3, -0.25) is 4.79 Å². The maximum atomic E-state index is 11.5. The monoisotopic (exact) mass is 268 g/mol. The van der Waals surface area contributed by atoms with E-state index in [0.29, 0.717) is 0 Å². The molecule has 0 aliphatic heterocycles. The highest BCUT2D eigenvalue weighted by molar-refractivity contribution is 5.93. The number of carbonyl (C=O) groups excluding carboxylic acids is 1. The number of nitrogens with zero attached hydrogens (tertiary/aromatic N) is 3. The first-order chi connectivity index (χ1) is 9.61. The number of carbonyl (C=O) groups is 1. The molecule has 0 radical (unpaired) electrons. The Kier molecular flexibility index (Phi) is 4.16. The van der Waals surface area contributed by atoms with E-state index < -0.39 is 0 Å². The zero-order valence-electron chi connectivity index (χ0n) is 11.7. The Balaban J connectivity index is 2.23. The van der Waals surface area contributed by atoms with Gasteiger partial charge in [-0.2, -0.15) is 15.0 Å². The molecule has 1 aromatic heterocycles. The Hall–Kier alpha value is -2.61. The predicted octanol–water partition coefficient (Wildman–Crippen LogP) is 1.78. The minimum atomic E-state index is -0.311. The molecule has 0 bridgehead atoms. The van der Waals surface area contributed by atoms with Gasteiger partial charge in [0.05, 0.1) is 17.4 Å². The van der Waals surface area contributed by atoms with Gasteiger partial charge in [-0.1, -0.05) is 24.1 Å². The van der Waals surface area contributed by atoms with Crippen LogP contribution in [0.5, 0.6) is 0 Å². The number of aryl methyl sites for hydroxylation is 1. The number of amides is 1. The average Bonchev–Trinajstić information content (AvgIpc) is 2.82. The molecule has 1 aromatic carbocycles. The van der Waals surface area contributed by atoms with Gasteiger partial charge in [-0.15, -0.1) is 0 Å². The van der Waals surface area contributed by atoms with E-state index in [9.17, 15) is 4.79 Å². The fourth-order valence-corrected chi connectivity index (χ4v) is 1.88. The lowest BCUT2D eigenvalue weighted by atomic mass is 10.2. The first kappa shape index (κ1) is 13.8. The fraction of sp³-hybridized carbons (Fsp3) is 0.267. The molecule has 5 heteroatoms. The number of para-hydroxylation sites is 1. The molecule has 0 fully saturated rings. The third kappa shape index (κ3) is 3.04. The van der Waals surface area contributed by atoms with Crippen LogP contribution in [0.4, 0.5) is 0 Å². The zero-order chi connectivity index (χ0) is 14.5. The largest absolute Gasteiger partial charge is 0.337 e. The summed E-state index contributed by atoms with van der Waals surface area (Å²) in [5.74, 6) is 4.70. The number of benzene rings is 1. The fourth-order valence-electron chi connectivity index (χ4n) is 1.88. The van der Waals surface area contributed by atoms with E-state index in [1.807, 2.05) is 44.2 Å². The predicted molar refractivity (Wildman–Crippen MR) is 76.1 cm³/mol. The smallest absolute Gasteiger partial charge is 0.296 e. The summed E-state index contributed by atoms with van der Waals surface area (Å²) >= 11 is 0. The lowest BCUT2D eigenvalue weighted by molar-refractivity contribution is -0.116. The van der Waals surface area contributed by atoms with Crippen molar-refractivity contribution in [3.8, 4) is 17.5 Å². The van der Waals surface area contributed by atoms with Gasteiger partial charge in [0, 0.05) is 0 Å². The lowest BCUT2D eigenvalue weighted by Gasteiger charge is -2.08. The SMILES string of the molecule is CC#CC(=O)NC(C)c1nn(-c2ccccc2)nc1C. The molecule has 5 nitrogen and oxygen atoms in total. The van der Waals surface area contributed by atoms with Crippen molar-refractivity contribution >= 4 is 5.91 Å². The van der Waals surface area contributed by atoms with Crippen molar-refractivity contribution < 1.29 is 4.79 Å². The van der Waals surface area contributed by atoms with Crippen LogP contribution in [0, 0.1) is 18.8 Å². The third-order valence-electron chi connectivity index (χ3n) is 2.80. The van der Waals surface area contributed by atoms with Gasteiger partial charge in [0.2, 0.25) is 0 Å². The maximum absolute atomic E-state index is 11.5. The average molecular weight is 268 g/mol. The van der Waals surface area contributed by atoms with Crippen LogP contribution in [0.15, 0.2) is 30.3 Å². The van der Waals surface area contributed by atoms with Gasteiger partial charge in [-0.25, -0.2) is 0 Å². The van der Waals surface area contributed by atoms with Crippen molar-refractivity contribution in [1.82, 2.24) is 20.3 Å². The van der Waals surface area contributed by atoms with Crippen LogP contribution in [0.3, 0.4) is 0 Å². The second-order valence-electron chi connectivity index (χ2n) is 4.37. The van der Waals surface area contributed by atoms with E-state index >= 15 is 0 Å². The summed E-state index contributed by atoms with van der Waals surface area (Å²) in [5.41, 5.74) is 2.40. The van der Waals surface area contributed by atoms with E-state index in [-0.39, 0.29) is 11.9 Å². The van der Waals surface area contributed by atoms with Gasteiger partial charge in [0.25, 0.3) is 5.91 Å². The molecule has 1 unspecified atom stereocenters. The molecule has 1 N–H and O–H groups in total. The third-order valence-corrected chi connectivity index (χ3v) is 2.80. The van der Waals surface area contributed by atoms with Crippen LogP contribution in [0.1, 0.15) is 31.3 Å². The van der Waals surface area contributed by atoms with Crippen LogP contribution in [0.2, 0.25) is 0 Å². The Bertz CT molecular complexity index is 664. The highest BCUT2D eigenvalue weighted by Crippen LogP contribution is 2.14. The van der Waals surface area contributed by atoms with Crippen molar-refractivity contribution in [3.63, 3.8) is 0 Å². The molecule has 20 heavy (non-hydrogen) atoms. The molecule has 0 aliphatic carbocycles. The second-order valence-corrected chi connectivity index (χ2v) is 4.37. The quantitative estimate of drug-likeness (QED) is 0.863. The molecule has 0 aliphatic rings. The molecule has 1 heterocycles. The summed E-state index contributed by atoms with van der Waals surface area (Å²) in [6.45, 7) is 5.36. The Morgan fingerprint density at radius 3 is 2.65 bits per heavy atom. The minimum Gasteiger partial charge on any atom is -0.337 e. The van der Waals surface area contributed by atoms with Gasteiger partial charge < -0.3 is 5.32 Å². The summed E-state index contributed by atoms with van der Waals surface area (Å²) in [6, 6.07) is 9.41. The molecule has 1 atom stereocenters. The van der Waals surface area contributed by atoms with Crippen molar-refractivity contribution in [3.05, 3.63) is 41.7 Å². The highest BCUT2D eigenvalue weighted by atomic mass is 16.1. The molecule has 2 rings (SSSR count). The topological polar surface area (TPSA) is 59.8 Å². The van der Waals surface area contributed by atoms with E-state index in [4.69, 9.17) is 0 Å². The van der Waals surface area contributed by atoms with Crippen molar-refractivity contribution in [2.45, 2.75) is 26.8 Å². The first-order valence-electron chi connectivity index (χ1n) is 6.34. The number of rotatable bonds is 3. The van der Waals surface area contributed by atoms with Crippen molar-refractivity contribution in [2.75, 3.05) is 0 Å². The second kappa shape index (κ2) is 6.02. The number of nitrogens with one attached hydrogen (secondary N) is 1. The Labute approximate surface area is 118 Å². The van der Waals surface area contributed by atoms with Gasteiger partial charge in [-0.05, 0) is 38.8 Å². The van der Waals surface area contributed by atoms with Crippen molar-refractivity contribution in [1.29, 1.82) is 0 Å². The molecule has 2 aromatic rings. The zero-order valence-corrected chi connectivity index (χ0v) is 11.7. The van der Waals surface area contributed by atoms with Crippen LogP contribution in [0.25, 0.3) is 5.69 Å². The van der Waals surface area contributed by atoms with Crippen LogP contribution in [-0.4, -0.2) is 20.9 Å². The van der Waals surface area contributed by atoms with Gasteiger partial charge in [0.1, 0.15) is 5.69 Å². The van der Waals surface area contributed by atoms with E-state index in [1.54, 1.807) is 11.7 Å². The molecule has 0 saturated carbocycles. The van der Waals surface area contributed by atoms with E-state index in [1.165, 1.54) is 0 Å². The Morgan fingerprint density at radius 1 is 1.30 bits per heavy atom. The number of hydrogen-bond donors (Lipinski definition) is 1. The summed E-state index contributed by atoms with van der Waals surface area (Å²) in [7, 11) is 0. The normalized spacial score (nSPS) is 11.3. The summed E-state index contributed by atoms with van der Waals surface area (Å²) in [4.78, 5) is 13.0. The van der Waals surface area contributed by atoms with Crippen LogP contribution >= 0.6 is 0 Å². The van der Waals surface area contributed by atoms with Gasteiger partial charge >= 0.3 is 0 Å². The van der Waals surface area contributed by atoms with E-state index in [0.717, 1.165) is 17.1 Å². The maximum Gasteiger partial charge on any atom is 0.296 e. The van der Waals surface area contributed by atoms with Gasteiger partial charge in [0.15, 0.2) is 0 Å². The summed E-state index contributed by atoms with van der Waals surface area (Å²) in [5, 5.41) is 11.6. The van der Waals surface area contributed by atoms with Crippen molar-refractivity contribution in [2.24, 2.45) is 0 Å². The number of hydrogen-bond acceptors (Lipinski definition) is 3. The molecule has 0 saturated heterocycles. The van der Waals surface area contributed by atoms with Crippen LogP contribution < -0.4 is 5.32 Å². The standard InChI is InChI=1S/C15H16N4O/c1-4-8-14(20)16-11(2)15-12(3)17-19(18-15)13-9-6-5-7-10-13/h5-7,9-11H,1-3H3,(H,16,20). The Morgan fingerprint density at radius 2 is 2.00 bits per heavy atom. The molecular formula is C15H16N4O. The molecule has 0 spiro atoms. The van der Waals surface area contributed by atoms with E-state index in [2.05, 4.69) is 27.4 Å². The number of aromatic nitrogens is 3. The molecule has 102 valence electrons. The molecule has 1 amide bonds. The molecular weight excluding hydrogens is 252 g/mol. The lowest BCUT2D eigenvalue weighted by Crippen LogP contribution is -2.25. The van der Waals surface area contributed by atoms with Crippen LogP contribution in [-0.2, 0) is 4.79 Å². The highest BCUT2D eigenvalue weighted by Gasteiger charge is 2.16. The minimum absolute atomic E-state index is 0.235. The first-order valence-corrected chi connectivity index (χ1v) is 6.34.